The highest BCUT2D eigenvalue weighted by atomic mass is 35.5. The zero-order valence-electron chi connectivity index (χ0n) is 20.7. The number of hydrogen-bond donors (Lipinski definition) is 3. The van der Waals surface area contributed by atoms with Gasteiger partial charge in [-0.1, -0.05) is 17.7 Å². The summed E-state index contributed by atoms with van der Waals surface area (Å²) >= 11 is 5.92. The number of halogens is 2. The summed E-state index contributed by atoms with van der Waals surface area (Å²) in [5.41, 5.74) is 3.09. The first-order valence-corrected chi connectivity index (χ1v) is 12.3. The fourth-order valence-electron chi connectivity index (χ4n) is 3.86. The molecule has 0 spiro atoms. The summed E-state index contributed by atoms with van der Waals surface area (Å²) in [5.74, 6) is -0.0962. The second kappa shape index (κ2) is 9.64. The van der Waals surface area contributed by atoms with Gasteiger partial charge in [0.25, 0.3) is 5.91 Å². The smallest absolute Gasteiger partial charge is 0.251 e. The molecule has 0 saturated heterocycles. The molecule has 0 atom stereocenters. The number of fused-ring (bicyclic) bond motifs is 1. The topological polar surface area (TPSA) is 101 Å². The highest BCUT2D eigenvalue weighted by Gasteiger charge is 2.25. The zero-order valence-corrected chi connectivity index (χ0v) is 21.4. The van der Waals surface area contributed by atoms with Crippen LogP contribution >= 0.6 is 11.6 Å². The fraction of sp³-hybridized carbons (Fsp3) is 0.296. The van der Waals surface area contributed by atoms with Crippen LogP contribution in [-0.2, 0) is 0 Å². The number of imidazole rings is 1. The Balaban J connectivity index is 1.54. The number of carbonyl (C=O) groups excluding carboxylic acids is 1. The molecule has 2 heterocycles. The van der Waals surface area contributed by atoms with E-state index in [-0.39, 0.29) is 29.4 Å². The summed E-state index contributed by atoms with van der Waals surface area (Å²) in [6, 6.07) is 11.6. The highest BCUT2D eigenvalue weighted by molar-refractivity contribution is 6.30. The number of carbonyl (C=O) groups is 1. The van der Waals surface area contributed by atoms with Crippen LogP contribution in [0.15, 0.2) is 48.7 Å². The van der Waals surface area contributed by atoms with Gasteiger partial charge >= 0.3 is 0 Å². The Labute approximate surface area is 218 Å². The SMILES string of the molecule is Cc1cc(-c2cnc3c(NCC(C)(C)O)cc(Oc4ccc(F)c(Cl)c4)nn23)ccc1C(=O)NC1CC1. The van der Waals surface area contributed by atoms with Crippen molar-refractivity contribution < 1.29 is 19.0 Å². The molecule has 2 aromatic heterocycles. The predicted octanol–water partition coefficient (Wildman–Crippen LogP) is 5.36. The molecule has 5 rings (SSSR count). The van der Waals surface area contributed by atoms with Gasteiger partial charge in [0.1, 0.15) is 11.6 Å². The summed E-state index contributed by atoms with van der Waals surface area (Å²) in [6.07, 6.45) is 3.73. The summed E-state index contributed by atoms with van der Waals surface area (Å²) in [6.45, 7) is 5.53. The van der Waals surface area contributed by atoms with E-state index >= 15 is 0 Å². The van der Waals surface area contributed by atoms with E-state index in [0.717, 1.165) is 24.0 Å². The first-order valence-electron chi connectivity index (χ1n) is 12.0. The van der Waals surface area contributed by atoms with E-state index in [1.165, 1.54) is 18.2 Å². The summed E-state index contributed by atoms with van der Waals surface area (Å²) in [5, 5.41) is 21.0. The van der Waals surface area contributed by atoms with Crippen LogP contribution in [0.2, 0.25) is 5.02 Å². The average Bonchev–Trinajstić information content (AvgIpc) is 3.54. The number of hydrogen-bond acceptors (Lipinski definition) is 6. The Hall–Kier alpha value is -3.69. The van der Waals surface area contributed by atoms with Gasteiger partial charge in [0.05, 0.1) is 28.2 Å². The van der Waals surface area contributed by atoms with Crippen LogP contribution in [0.1, 0.15) is 42.6 Å². The van der Waals surface area contributed by atoms with Crippen LogP contribution in [0, 0.1) is 12.7 Å². The number of nitrogens with one attached hydrogen (secondary N) is 2. The number of amides is 1. The van der Waals surface area contributed by atoms with E-state index in [1.54, 1.807) is 36.7 Å². The number of rotatable bonds is 8. The maximum absolute atomic E-state index is 13.6. The van der Waals surface area contributed by atoms with Crippen molar-refractivity contribution in [1.29, 1.82) is 0 Å². The predicted molar refractivity (Wildman–Crippen MR) is 140 cm³/mol. The lowest BCUT2D eigenvalue weighted by Crippen LogP contribution is -2.29. The average molecular weight is 524 g/mol. The number of benzene rings is 2. The molecule has 4 aromatic rings. The van der Waals surface area contributed by atoms with Gasteiger partial charge in [-0.25, -0.2) is 13.9 Å². The van der Waals surface area contributed by atoms with Crippen molar-refractivity contribution in [2.75, 3.05) is 11.9 Å². The van der Waals surface area contributed by atoms with Gasteiger partial charge in [0, 0.05) is 35.8 Å². The molecule has 8 nitrogen and oxygen atoms in total. The molecule has 3 N–H and O–H groups in total. The number of nitrogens with zero attached hydrogens (tertiary/aromatic N) is 3. The maximum Gasteiger partial charge on any atom is 0.251 e. The molecule has 1 amide bonds. The van der Waals surface area contributed by atoms with Crippen molar-refractivity contribution in [2.45, 2.75) is 45.3 Å². The third kappa shape index (κ3) is 5.68. The van der Waals surface area contributed by atoms with Crippen molar-refractivity contribution in [1.82, 2.24) is 19.9 Å². The van der Waals surface area contributed by atoms with Gasteiger partial charge in [-0.15, -0.1) is 5.10 Å². The second-order valence-electron chi connectivity index (χ2n) is 9.90. The van der Waals surface area contributed by atoms with E-state index in [0.29, 0.717) is 28.3 Å². The van der Waals surface area contributed by atoms with Crippen molar-refractivity contribution >= 4 is 28.8 Å². The molecule has 1 saturated carbocycles. The van der Waals surface area contributed by atoms with Crippen molar-refractivity contribution in [3.63, 3.8) is 0 Å². The van der Waals surface area contributed by atoms with Crippen LogP contribution < -0.4 is 15.4 Å². The largest absolute Gasteiger partial charge is 0.437 e. The quantitative estimate of drug-likeness (QED) is 0.287. The van der Waals surface area contributed by atoms with Crippen molar-refractivity contribution in [2.24, 2.45) is 0 Å². The molecule has 0 unspecified atom stereocenters. The normalized spacial score (nSPS) is 13.6. The molecular formula is C27H27ClFN5O3. The lowest BCUT2D eigenvalue weighted by molar-refractivity contribution is 0.0940. The van der Waals surface area contributed by atoms with E-state index in [1.807, 2.05) is 19.1 Å². The number of anilines is 1. The van der Waals surface area contributed by atoms with E-state index < -0.39 is 11.4 Å². The lowest BCUT2D eigenvalue weighted by atomic mass is 10.0. The minimum absolute atomic E-state index is 0.0661. The summed E-state index contributed by atoms with van der Waals surface area (Å²) in [7, 11) is 0. The van der Waals surface area contributed by atoms with Crippen LogP contribution in [0.3, 0.4) is 0 Å². The van der Waals surface area contributed by atoms with Gasteiger partial charge in [-0.3, -0.25) is 4.79 Å². The van der Waals surface area contributed by atoms with Gasteiger partial charge in [0.2, 0.25) is 5.88 Å². The maximum atomic E-state index is 13.6. The summed E-state index contributed by atoms with van der Waals surface area (Å²) < 4.78 is 21.2. The number of aliphatic hydroxyl groups is 1. The minimum Gasteiger partial charge on any atom is -0.437 e. The van der Waals surface area contributed by atoms with Crippen LogP contribution in [0.4, 0.5) is 10.1 Å². The second-order valence-corrected chi connectivity index (χ2v) is 10.3. The van der Waals surface area contributed by atoms with Crippen molar-refractivity contribution in [3.8, 4) is 22.9 Å². The van der Waals surface area contributed by atoms with Gasteiger partial charge < -0.3 is 20.5 Å². The first kappa shape index (κ1) is 25.0. The van der Waals surface area contributed by atoms with Crippen LogP contribution in [0.25, 0.3) is 16.9 Å². The third-order valence-corrected chi connectivity index (χ3v) is 6.24. The molecule has 1 aliphatic carbocycles. The Morgan fingerprint density at radius 2 is 2.03 bits per heavy atom. The van der Waals surface area contributed by atoms with E-state index in [4.69, 9.17) is 16.3 Å². The Morgan fingerprint density at radius 1 is 1.24 bits per heavy atom. The standard InChI is InChI=1S/C27H27ClFN5O3/c1-15-10-16(4-8-19(15)26(35)32-17-5-6-17)23-13-30-25-22(31-14-27(2,3)36)12-24(33-34(23)25)37-18-7-9-21(29)20(28)11-18/h4,7-13,17,31,36H,5-6,14H2,1-3H3,(H,32,35). The molecule has 0 radical (unpaired) electrons. The Morgan fingerprint density at radius 3 is 2.70 bits per heavy atom. The number of ether oxygens (including phenoxy) is 1. The molecule has 10 heteroatoms. The van der Waals surface area contributed by atoms with Crippen LogP contribution in [-0.4, -0.2) is 43.8 Å². The van der Waals surface area contributed by atoms with Crippen molar-refractivity contribution in [3.05, 3.63) is 70.6 Å². The Bertz CT molecular complexity index is 1490. The van der Waals surface area contributed by atoms with Gasteiger partial charge in [0.15, 0.2) is 5.65 Å². The number of aryl methyl sites for hydroxylation is 1. The van der Waals surface area contributed by atoms with Gasteiger partial charge in [-0.2, -0.15) is 0 Å². The monoisotopic (exact) mass is 523 g/mol. The lowest BCUT2D eigenvalue weighted by Gasteiger charge is -2.19. The number of aromatic nitrogens is 3. The third-order valence-electron chi connectivity index (χ3n) is 5.95. The van der Waals surface area contributed by atoms with E-state index in [9.17, 15) is 14.3 Å². The molecule has 192 valence electrons. The zero-order chi connectivity index (χ0) is 26.3. The fourth-order valence-corrected chi connectivity index (χ4v) is 4.03. The molecular weight excluding hydrogens is 497 g/mol. The summed E-state index contributed by atoms with van der Waals surface area (Å²) in [4.78, 5) is 17.1. The van der Waals surface area contributed by atoms with E-state index in [2.05, 4.69) is 20.7 Å². The van der Waals surface area contributed by atoms with Gasteiger partial charge in [-0.05, 0) is 63.4 Å². The minimum atomic E-state index is -0.977. The first-order chi connectivity index (χ1) is 17.6. The van der Waals surface area contributed by atoms with Crippen LogP contribution in [0.5, 0.6) is 11.6 Å². The molecule has 1 aliphatic rings. The molecule has 0 aliphatic heterocycles. The molecule has 0 bridgehead atoms. The molecule has 2 aromatic carbocycles. The molecule has 37 heavy (non-hydrogen) atoms. The Kier molecular flexibility index (Phi) is 6.51. The molecule has 1 fully saturated rings. The highest BCUT2D eigenvalue weighted by Crippen LogP contribution is 2.31.